The number of anilines is 2. The van der Waals surface area contributed by atoms with Crippen molar-refractivity contribution < 1.29 is 19.2 Å². The first-order valence-electron chi connectivity index (χ1n) is 10.7. The van der Waals surface area contributed by atoms with Crippen LogP contribution < -0.4 is 21.3 Å². The van der Waals surface area contributed by atoms with Crippen LogP contribution >= 0.6 is 0 Å². The second kappa shape index (κ2) is 11.4. The van der Waals surface area contributed by atoms with Gasteiger partial charge in [0.2, 0.25) is 11.8 Å². The minimum atomic E-state index is -0.308. The first kappa shape index (κ1) is 24.2. The van der Waals surface area contributed by atoms with Crippen LogP contribution in [0.1, 0.15) is 31.8 Å². The Morgan fingerprint density at radius 1 is 0.529 bits per heavy atom. The van der Waals surface area contributed by atoms with Gasteiger partial charge < -0.3 is 21.3 Å². The van der Waals surface area contributed by atoms with E-state index in [1.54, 1.807) is 86.9 Å². The van der Waals surface area contributed by atoms with Gasteiger partial charge in [0.25, 0.3) is 11.8 Å². The maximum absolute atomic E-state index is 12.5. The Hall–Kier alpha value is -4.46. The predicted molar refractivity (Wildman–Crippen MR) is 131 cm³/mol. The maximum Gasteiger partial charge on any atom is 0.255 e. The van der Waals surface area contributed by atoms with Crippen molar-refractivity contribution in [3.63, 3.8) is 0 Å². The number of hydrogen-bond donors (Lipinski definition) is 4. The van der Waals surface area contributed by atoms with E-state index >= 15 is 0 Å². The van der Waals surface area contributed by atoms with Gasteiger partial charge in [0.1, 0.15) is 0 Å². The van der Waals surface area contributed by atoms with Crippen LogP contribution in [0.25, 0.3) is 0 Å². The van der Waals surface area contributed by atoms with Crippen molar-refractivity contribution >= 4 is 35.0 Å². The second-order valence-corrected chi connectivity index (χ2v) is 7.58. The standard InChI is InChI=1S/C26H26N4O4/c1-27-23(31)15-17-3-11-21(12-4-17)29-25(33)19-7-9-20(10-8-19)26(34)30-22-13-5-18(6-14-22)16-24(32)28-2/h3-14H,15-16H2,1-2H3,(H,27,31)(H,28,32)(H,29,33)(H,30,34). The van der Waals surface area contributed by atoms with Crippen LogP contribution in [0.2, 0.25) is 0 Å². The van der Waals surface area contributed by atoms with Gasteiger partial charge in [0.05, 0.1) is 12.8 Å². The minimum absolute atomic E-state index is 0.0843. The Balaban J connectivity index is 1.56. The average Bonchev–Trinajstić information content (AvgIpc) is 2.86. The van der Waals surface area contributed by atoms with E-state index in [1.165, 1.54) is 0 Å². The first-order chi connectivity index (χ1) is 16.4. The van der Waals surface area contributed by atoms with Crippen LogP contribution in [0.3, 0.4) is 0 Å². The van der Waals surface area contributed by atoms with Gasteiger partial charge in [0.15, 0.2) is 0 Å². The lowest BCUT2D eigenvalue weighted by Gasteiger charge is -2.09. The normalized spacial score (nSPS) is 10.2. The van der Waals surface area contributed by atoms with Gasteiger partial charge in [-0.2, -0.15) is 0 Å². The highest BCUT2D eigenvalue weighted by atomic mass is 16.2. The minimum Gasteiger partial charge on any atom is -0.359 e. The summed E-state index contributed by atoms with van der Waals surface area (Å²) in [6, 6.07) is 20.4. The van der Waals surface area contributed by atoms with E-state index in [2.05, 4.69) is 21.3 Å². The molecule has 0 fully saturated rings. The fourth-order valence-electron chi connectivity index (χ4n) is 3.14. The van der Waals surface area contributed by atoms with Gasteiger partial charge in [0, 0.05) is 36.6 Å². The second-order valence-electron chi connectivity index (χ2n) is 7.58. The smallest absolute Gasteiger partial charge is 0.255 e. The summed E-state index contributed by atoms with van der Waals surface area (Å²) in [6.07, 6.45) is 0.544. The van der Waals surface area contributed by atoms with Crippen molar-refractivity contribution in [3.05, 3.63) is 95.1 Å². The highest BCUT2D eigenvalue weighted by Gasteiger charge is 2.11. The van der Waals surface area contributed by atoms with Crippen LogP contribution in [0, 0.1) is 0 Å². The molecule has 0 aromatic heterocycles. The average molecular weight is 459 g/mol. The van der Waals surface area contributed by atoms with E-state index in [0.717, 1.165) is 11.1 Å². The molecule has 8 nitrogen and oxygen atoms in total. The number of amides is 4. The van der Waals surface area contributed by atoms with E-state index in [4.69, 9.17) is 0 Å². The molecule has 0 aliphatic carbocycles. The van der Waals surface area contributed by atoms with Gasteiger partial charge in [-0.15, -0.1) is 0 Å². The molecule has 0 saturated heterocycles. The molecular weight excluding hydrogens is 432 g/mol. The zero-order valence-electron chi connectivity index (χ0n) is 19.0. The number of likely N-dealkylation sites (N-methyl/N-ethyl adjacent to an activating group) is 2. The highest BCUT2D eigenvalue weighted by Crippen LogP contribution is 2.15. The molecule has 0 radical (unpaired) electrons. The molecule has 4 amide bonds. The molecule has 0 heterocycles. The SMILES string of the molecule is CNC(=O)Cc1ccc(NC(=O)c2ccc(C(=O)Nc3ccc(CC(=O)NC)cc3)cc2)cc1. The Labute approximate surface area is 197 Å². The monoisotopic (exact) mass is 458 g/mol. The van der Waals surface area contributed by atoms with Crippen LogP contribution in [0.4, 0.5) is 11.4 Å². The van der Waals surface area contributed by atoms with Crippen LogP contribution in [0.15, 0.2) is 72.8 Å². The molecule has 174 valence electrons. The predicted octanol–water partition coefficient (Wildman–Crippen LogP) is 2.77. The summed E-state index contributed by atoms with van der Waals surface area (Å²) in [5.41, 5.74) is 3.70. The summed E-state index contributed by atoms with van der Waals surface area (Å²) in [6.45, 7) is 0. The van der Waals surface area contributed by atoms with Crippen LogP contribution in [0.5, 0.6) is 0 Å². The van der Waals surface area contributed by atoms with E-state index in [1.807, 2.05) is 0 Å². The largest absolute Gasteiger partial charge is 0.359 e. The summed E-state index contributed by atoms with van der Waals surface area (Å²) in [5.74, 6) is -0.784. The van der Waals surface area contributed by atoms with Gasteiger partial charge in [-0.05, 0) is 59.7 Å². The number of rotatable bonds is 8. The van der Waals surface area contributed by atoms with Crippen LogP contribution in [-0.4, -0.2) is 37.7 Å². The fraction of sp³-hybridized carbons (Fsp3) is 0.154. The van der Waals surface area contributed by atoms with Crippen molar-refractivity contribution in [3.8, 4) is 0 Å². The summed E-state index contributed by atoms with van der Waals surface area (Å²) in [5, 5.41) is 10.7. The topological polar surface area (TPSA) is 116 Å². The van der Waals surface area contributed by atoms with Crippen molar-refractivity contribution in [2.75, 3.05) is 24.7 Å². The third kappa shape index (κ3) is 6.77. The summed E-state index contributed by atoms with van der Waals surface area (Å²) < 4.78 is 0. The lowest BCUT2D eigenvalue weighted by atomic mass is 10.1. The Kier molecular flexibility index (Phi) is 8.12. The van der Waals surface area contributed by atoms with E-state index in [0.29, 0.717) is 22.5 Å². The van der Waals surface area contributed by atoms with E-state index in [-0.39, 0.29) is 36.5 Å². The van der Waals surface area contributed by atoms with Gasteiger partial charge in [-0.1, -0.05) is 24.3 Å². The third-order valence-corrected chi connectivity index (χ3v) is 5.12. The molecule has 34 heavy (non-hydrogen) atoms. The molecule has 0 aliphatic rings. The fourth-order valence-corrected chi connectivity index (χ4v) is 3.14. The van der Waals surface area contributed by atoms with Crippen molar-refractivity contribution in [2.24, 2.45) is 0 Å². The quantitative estimate of drug-likeness (QED) is 0.415. The number of nitrogens with one attached hydrogen (secondary N) is 4. The molecule has 0 unspecified atom stereocenters. The molecule has 3 aromatic rings. The number of hydrogen-bond acceptors (Lipinski definition) is 4. The maximum atomic E-state index is 12.5. The molecule has 4 N–H and O–H groups in total. The number of benzene rings is 3. The van der Waals surface area contributed by atoms with E-state index < -0.39 is 0 Å². The lowest BCUT2D eigenvalue weighted by Crippen LogP contribution is -2.20. The van der Waals surface area contributed by atoms with E-state index in [9.17, 15) is 19.2 Å². The van der Waals surface area contributed by atoms with Crippen molar-refractivity contribution in [1.29, 1.82) is 0 Å². The first-order valence-corrected chi connectivity index (χ1v) is 10.7. The number of carbonyl (C=O) groups excluding carboxylic acids is 4. The zero-order valence-corrected chi connectivity index (χ0v) is 19.0. The molecule has 0 saturated carbocycles. The zero-order chi connectivity index (χ0) is 24.5. The molecule has 3 rings (SSSR count). The molecular formula is C26H26N4O4. The van der Waals surface area contributed by atoms with Crippen LogP contribution in [-0.2, 0) is 22.4 Å². The molecule has 0 aliphatic heterocycles. The molecule has 3 aromatic carbocycles. The summed E-state index contributed by atoms with van der Waals surface area (Å²) in [7, 11) is 3.17. The molecule has 0 spiro atoms. The number of carbonyl (C=O) groups is 4. The Morgan fingerprint density at radius 2 is 0.853 bits per heavy atom. The molecule has 0 atom stereocenters. The Morgan fingerprint density at radius 3 is 1.15 bits per heavy atom. The summed E-state index contributed by atoms with van der Waals surface area (Å²) >= 11 is 0. The molecule has 0 bridgehead atoms. The van der Waals surface area contributed by atoms with Gasteiger partial charge in [-0.3, -0.25) is 19.2 Å². The lowest BCUT2D eigenvalue weighted by molar-refractivity contribution is -0.120. The van der Waals surface area contributed by atoms with Gasteiger partial charge in [-0.25, -0.2) is 0 Å². The Bertz CT molecular complexity index is 1080. The van der Waals surface area contributed by atoms with Crippen molar-refractivity contribution in [1.82, 2.24) is 10.6 Å². The summed E-state index contributed by atoms with van der Waals surface area (Å²) in [4.78, 5) is 47.9. The van der Waals surface area contributed by atoms with Crippen molar-refractivity contribution in [2.45, 2.75) is 12.8 Å². The molecule has 8 heteroatoms. The van der Waals surface area contributed by atoms with Gasteiger partial charge >= 0.3 is 0 Å². The highest BCUT2D eigenvalue weighted by molar-refractivity contribution is 6.07. The third-order valence-electron chi connectivity index (χ3n) is 5.12.